The van der Waals surface area contributed by atoms with Crippen molar-refractivity contribution < 1.29 is 0 Å². The van der Waals surface area contributed by atoms with Gasteiger partial charge in [0.25, 0.3) is 0 Å². The largest absolute Gasteiger partial charge is 0.385 e. The van der Waals surface area contributed by atoms with Crippen LogP contribution < -0.4 is 5.32 Å². The molecule has 0 fully saturated rings. The maximum absolute atomic E-state index is 8.56. The third kappa shape index (κ3) is 1.50. The number of rotatable bonds is 1. The number of nitrogens with zero attached hydrogens (tertiary/aromatic N) is 1. The Morgan fingerprint density at radius 3 is 3.09 bits per heavy atom. The number of hydrogen-bond donors (Lipinski definition) is 1. The van der Waals surface area contributed by atoms with Gasteiger partial charge in [-0.2, -0.15) is 5.26 Å². The molecule has 0 bridgehead atoms. The number of hydrogen-bond acceptors (Lipinski definition) is 2. The molecule has 1 N–H and O–H groups in total. The summed E-state index contributed by atoms with van der Waals surface area (Å²) in [5.41, 5.74) is 2.46. The molecule has 1 aliphatic rings. The van der Waals surface area contributed by atoms with Gasteiger partial charge in [-0.25, -0.2) is 0 Å². The van der Waals surface area contributed by atoms with E-state index >= 15 is 0 Å². The average molecular weight is 146 g/mol. The summed E-state index contributed by atoms with van der Waals surface area (Å²) in [5.74, 6) is 0. The lowest BCUT2D eigenvalue weighted by molar-refractivity contribution is 0.877. The maximum Gasteiger partial charge on any atom is 0.0992 e. The van der Waals surface area contributed by atoms with E-state index in [1.165, 1.54) is 0 Å². The SMILES string of the molecule is C=C(C#N)C1=C(C)NCC=C1. The Morgan fingerprint density at radius 2 is 2.55 bits per heavy atom. The van der Waals surface area contributed by atoms with E-state index in [2.05, 4.69) is 11.9 Å². The fraction of sp³-hybridized carbons (Fsp3) is 0.222. The Labute approximate surface area is 66.5 Å². The van der Waals surface area contributed by atoms with Crippen molar-refractivity contribution >= 4 is 0 Å². The molecule has 2 nitrogen and oxygen atoms in total. The molecular weight excluding hydrogens is 136 g/mol. The number of dihydropyridines is 1. The quantitative estimate of drug-likeness (QED) is 0.569. The van der Waals surface area contributed by atoms with E-state index in [4.69, 9.17) is 5.26 Å². The fourth-order valence-electron chi connectivity index (χ4n) is 0.996. The smallest absolute Gasteiger partial charge is 0.0992 e. The third-order valence-corrected chi connectivity index (χ3v) is 1.63. The van der Waals surface area contributed by atoms with Gasteiger partial charge in [0.1, 0.15) is 0 Å². The molecule has 0 unspecified atom stereocenters. The van der Waals surface area contributed by atoms with Crippen LogP contribution in [-0.4, -0.2) is 6.54 Å². The van der Waals surface area contributed by atoms with Crippen molar-refractivity contribution in [2.45, 2.75) is 6.92 Å². The first-order valence-corrected chi connectivity index (χ1v) is 3.46. The van der Waals surface area contributed by atoms with Crippen LogP contribution in [0.2, 0.25) is 0 Å². The van der Waals surface area contributed by atoms with Crippen LogP contribution in [0.1, 0.15) is 6.92 Å². The predicted octanol–water partition coefficient (Wildman–Crippen LogP) is 1.50. The minimum Gasteiger partial charge on any atom is -0.385 e. The highest BCUT2D eigenvalue weighted by Crippen LogP contribution is 2.14. The van der Waals surface area contributed by atoms with Crippen molar-refractivity contribution in [2.24, 2.45) is 0 Å². The molecule has 0 radical (unpaired) electrons. The van der Waals surface area contributed by atoms with Crippen LogP contribution in [0.3, 0.4) is 0 Å². The third-order valence-electron chi connectivity index (χ3n) is 1.63. The van der Waals surface area contributed by atoms with Crippen LogP contribution in [-0.2, 0) is 0 Å². The van der Waals surface area contributed by atoms with E-state index in [1.54, 1.807) is 0 Å². The summed E-state index contributed by atoms with van der Waals surface area (Å²) in [6, 6.07) is 2.02. The molecule has 2 heteroatoms. The zero-order valence-corrected chi connectivity index (χ0v) is 6.52. The molecule has 0 amide bonds. The van der Waals surface area contributed by atoms with Crippen molar-refractivity contribution in [1.82, 2.24) is 5.32 Å². The molecule has 0 saturated carbocycles. The van der Waals surface area contributed by atoms with Crippen LogP contribution in [0.25, 0.3) is 0 Å². The topological polar surface area (TPSA) is 35.8 Å². The normalized spacial score (nSPS) is 15.6. The molecular formula is C9H10N2. The van der Waals surface area contributed by atoms with Gasteiger partial charge in [-0.15, -0.1) is 0 Å². The van der Waals surface area contributed by atoms with Crippen LogP contribution in [0.4, 0.5) is 0 Å². The monoisotopic (exact) mass is 146 g/mol. The van der Waals surface area contributed by atoms with Gasteiger partial charge < -0.3 is 5.32 Å². The summed E-state index contributed by atoms with van der Waals surface area (Å²) in [6.45, 7) is 6.42. The van der Waals surface area contributed by atoms with E-state index < -0.39 is 0 Å². The number of nitriles is 1. The van der Waals surface area contributed by atoms with E-state index in [0.29, 0.717) is 5.57 Å². The summed E-state index contributed by atoms with van der Waals surface area (Å²) in [7, 11) is 0. The van der Waals surface area contributed by atoms with Gasteiger partial charge in [0.05, 0.1) is 11.6 Å². The highest BCUT2D eigenvalue weighted by atomic mass is 14.9. The summed E-state index contributed by atoms with van der Waals surface area (Å²) in [5, 5.41) is 11.7. The lowest BCUT2D eigenvalue weighted by Crippen LogP contribution is -2.16. The highest BCUT2D eigenvalue weighted by molar-refractivity contribution is 5.49. The van der Waals surface area contributed by atoms with Gasteiger partial charge >= 0.3 is 0 Å². The van der Waals surface area contributed by atoms with E-state index in [-0.39, 0.29) is 0 Å². The van der Waals surface area contributed by atoms with Crippen LogP contribution >= 0.6 is 0 Å². The van der Waals surface area contributed by atoms with E-state index in [0.717, 1.165) is 17.8 Å². The second-order valence-corrected chi connectivity index (χ2v) is 2.41. The van der Waals surface area contributed by atoms with Crippen molar-refractivity contribution in [1.29, 1.82) is 5.26 Å². The minimum atomic E-state index is 0.519. The molecule has 0 spiro atoms. The van der Waals surface area contributed by atoms with Gasteiger partial charge in [0.2, 0.25) is 0 Å². The van der Waals surface area contributed by atoms with Crippen molar-refractivity contribution in [3.05, 3.63) is 35.6 Å². The lowest BCUT2D eigenvalue weighted by Gasteiger charge is -2.12. The summed E-state index contributed by atoms with van der Waals surface area (Å²) >= 11 is 0. The maximum atomic E-state index is 8.56. The second kappa shape index (κ2) is 3.07. The first kappa shape index (κ1) is 7.62. The minimum absolute atomic E-state index is 0.519. The van der Waals surface area contributed by atoms with Crippen LogP contribution in [0, 0.1) is 11.3 Å². The zero-order valence-electron chi connectivity index (χ0n) is 6.52. The Hall–Kier alpha value is -1.49. The molecule has 0 atom stereocenters. The fourth-order valence-corrected chi connectivity index (χ4v) is 0.996. The van der Waals surface area contributed by atoms with Gasteiger partial charge in [0, 0.05) is 17.8 Å². The molecule has 0 aromatic rings. The Morgan fingerprint density at radius 1 is 1.82 bits per heavy atom. The molecule has 1 rings (SSSR count). The summed E-state index contributed by atoms with van der Waals surface area (Å²) < 4.78 is 0. The van der Waals surface area contributed by atoms with Gasteiger partial charge in [0.15, 0.2) is 0 Å². The Bertz CT molecular complexity index is 276. The standard InChI is InChI=1S/C9H10N2/c1-7(6-10)9-4-3-5-11-8(9)2/h3-4,11H,1,5H2,2H3. The average Bonchev–Trinajstić information content (AvgIpc) is 2.04. The molecule has 0 aromatic heterocycles. The van der Waals surface area contributed by atoms with Gasteiger partial charge in [-0.05, 0) is 6.92 Å². The summed E-state index contributed by atoms with van der Waals surface area (Å²) in [6.07, 6.45) is 3.90. The molecule has 0 saturated heterocycles. The predicted molar refractivity (Wildman–Crippen MR) is 44.6 cm³/mol. The van der Waals surface area contributed by atoms with Crippen molar-refractivity contribution in [3.8, 4) is 6.07 Å². The molecule has 1 heterocycles. The van der Waals surface area contributed by atoms with E-state index in [9.17, 15) is 0 Å². The molecule has 1 aliphatic heterocycles. The Kier molecular flexibility index (Phi) is 2.12. The number of nitrogens with one attached hydrogen (secondary N) is 1. The van der Waals surface area contributed by atoms with Gasteiger partial charge in [-0.3, -0.25) is 0 Å². The first-order chi connectivity index (χ1) is 5.25. The lowest BCUT2D eigenvalue weighted by atomic mass is 10.0. The van der Waals surface area contributed by atoms with Crippen molar-refractivity contribution in [3.63, 3.8) is 0 Å². The summed E-state index contributed by atoms with van der Waals surface area (Å²) in [4.78, 5) is 0. The molecule has 56 valence electrons. The number of allylic oxidation sites excluding steroid dienone is 4. The van der Waals surface area contributed by atoms with Crippen molar-refractivity contribution in [2.75, 3.05) is 6.54 Å². The first-order valence-electron chi connectivity index (χ1n) is 3.46. The molecule has 0 aliphatic carbocycles. The second-order valence-electron chi connectivity index (χ2n) is 2.41. The molecule has 11 heavy (non-hydrogen) atoms. The molecule has 0 aromatic carbocycles. The van der Waals surface area contributed by atoms with Crippen LogP contribution in [0.15, 0.2) is 35.6 Å². The van der Waals surface area contributed by atoms with Crippen LogP contribution in [0.5, 0.6) is 0 Å². The zero-order chi connectivity index (χ0) is 8.27. The van der Waals surface area contributed by atoms with E-state index in [1.807, 2.05) is 25.1 Å². The van der Waals surface area contributed by atoms with Gasteiger partial charge in [-0.1, -0.05) is 18.7 Å². The Balaban J connectivity index is 2.95. The highest BCUT2D eigenvalue weighted by Gasteiger charge is 2.05.